The van der Waals surface area contributed by atoms with Crippen LogP contribution in [0.3, 0.4) is 0 Å². The Morgan fingerprint density at radius 2 is 2.12 bits per heavy atom. The molecule has 1 nitrogen and oxygen atoms in total. The molecule has 0 heterocycles. The van der Waals surface area contributed by atoms with Crippen LogP contribution in [-0.4, -0.2) is 13.6 Å². The summed E-state index contributed by atoms with van der Waals surface area (Å²) in [5.74, 6) is -0.138. The molecule has 0 bridgehead atoms. The van der Waals surface area contributed by atoms with Crippen molar-refractivity contribution in [2.75, 3.05) is 13.6 Å². The molecule has 0 aliphatic carbocycles. The van der Waals surface area contributed by atoms with Crippen molar-refractivity contribution >= 4 is 0 Å². The second-order valence-corrected chi connectivity index (χ2v) is 4.90. The van der Waals surface area contributed by atoms with Crippen LogP contribution in [0.4, 0.5) is 4.39 Å². The molecule has 0 saturated carbocycles. The van der Waals surface area contributed by atoms with Crippen LogP contribution in [0.5, 0.6) is 0 Å². The maximum absolute atomic E-state index is 13.1. The van der Waals surface area contributed by atoms with Crippen molar-refractivity contribution in [3.8, 4) is 0 Å². The number of hydrogen-bond acceptors (Lipinski definition) is 1. The van der Waals surface area contributed by atoms with Gasteiger partial charge in [-0.25, -0.2) is 4.39 Å². The van der Waals surface area contributed by atoms with Crippen LogP contribution in [0.15, 0.2) is 24.3 Å². The minimum Gasteiger partial charge on any atom is -0.319 e. The van der Waals surface area contributed by atoms with Crippen LogP contribution in [-0.2, 0) is 6.42 Å². The number of nitrogens with one attached hydrogen (secondary N) is 1. The normalized spacial score (nSPS) is 14.8. The molecule has 0 aliphatic rings. The summed E-state index contributed by atoms with van der Waals surface area (Å²) < 4.78 is 13.1. The second kappa shape index (κ2) is 6.00. The molecule has 2 heteroatoms. The molecule has 1 unspecified atom stereocenters. The zero-order valence-corrected chi connectivity index (χ0v) is 10.5. The first-order chi connectivity index (χ1) is 7.59. The monoisotopic (exact) mass is 223 g/mol. The largest absolute Gasteiger partial charge is 0.319 e. The van der Waals surface area contributed by atoms with Gasteiger partial charge in [0.05, 0.1) is 0 Å². The Morgan fingerprint density at radius 1 is 1.38 bits per heavy atom. The van der Waals surface area contributed by atoms with E-state index in [1.54, 1.807) is 12.1 Å². The highest BCUT2D eigenvalue weighted by Gasteiger charge is 2.22. The summed E-state index contributed by atoms with van der Waals surface area (Å²) in [4.78, 5) is 0. The smallest absolute Gasteiger partial charge is 0.123 e. The van der Waals surface area contributed by atoms with Gasteiger partial charge in [-0.3, -0.25) is 0 Å². The third-order valence-corrected chi connectivity index (χ3v) is 2.98. The second-order valence-electron chi connectivity index (χ2n) is 4.90. The highest BCUT2D eigenvalue weighted by atomic mass is 19.1. The number of rotatable bonds is 6. The van der Waals surface area contributed by atoms with E-state index in [-0.39, 0.29) is 11.2 Å². The molecule has 0 aliphatic heterocycles. The van der Waals surface area contributed by atoms with Crippen molar-refractivity contribution in [3.63, 3.8) is 0 Å². The molecule has 0 radical (unpaired) electrons. The van der Waals surface area contributed by atoms with Gasteiger partial charge >= 0.3 is 0 Å². The Balaban J connectivity index is 2.74. The minimum atomic E-state index is -0.138. The van der Waals surface area contributed by atoms with E-state index in [0.717, 1.165) is 31.4 Å². The lowest BCUT2D eigenvalue weighted by Gasteiger charge is -2.29. The van der Waals surface area contributed by atoms with Gasteiger partial charge in [-0.1, -0.05) is 32.4 Å². The fraction of sp³-hybridized carbons (Fsp3) is 0.571. The summed E-state index contributed by atoms with van der Waals surface area (Å²) in [6, 6.07) is 6.94. The Morgan fingerprint density at radius 3 is 2.69 bits per heavy atom. The molecule has 0 aromatic heterocycles. The molecule has 1 rings (SSSR count). The summed E-state index contributed by atoms with van der Waals surface area (Å²) in [6.45, 7) is 5.43. The van der Waals surface area contributed by atoms with E-state index in [9.17, 15) is 4.39 Å². The average Bonchev–Trinajstić information content (AvgIpc) is 2.17. The standard InChI is InChI=1S/C14H22FN/c1-4-8-14(2,11-16-3)10-12-6-5-7-13(15)9-12/h5-7,9,16H,4,8,10-11H2,1-3H3. The minimum absolute atomic E-state index is 0.138. The summed E-state index contributed by atoms with van der Waals surface area (Å²) >= 11 is 0. The van der Waals surface area contributed by atoms with Gasteiger partial charge in [-0.2, -0.15) is 0 Å². The van der Waals surface area contributed by atoms with Crippen molar-refractivity contribution in [3.05, 3.63) is 35.6 Å². The summed E-state index contributed by atoms with van der Waals surface area (Å²) in [5.41, 5.74) is 1.31. The average molecular weight is 223 g/mol. The van der Waals surface area contributed by atoms with E-state index in [1.807, 2.05) is 13.1 Å². The lowest BCUT2D eigenvalue weighted by molar-refractivity contribution is 0.282. The SMILES string of the molecule is CCCC(C)(CNC)Cc1cccc(F)c1. The van der Waals surface area contributed by atoms with Gasteiger partial charge in [-0.15, -0.1) is 0 Å². The lowest BCUT2D eigenvalue weighted by Crippen LogP contribution is -2.31. The van der Waals surface area contributed by atoms with Crippen LogP contribution in [0.2, 0.25) is 0 Å². The maximum Gasteiger partial charge on any atom is 0.123 e. The summed E-state index contributed by atoms with van der Waals surface area (Å²) in [7, 11) is 1.97. The quantitative estimate of drug-likeness (QED) is 0.779. The van der Waals surface area contributed by atoms with Crippen LogP contribution in [0.1, 0.15) is 32.3 Å². The van der Waals surface area contributed by atoms with Gasteiger partial charge in [-0.05, 0) is 43.0 Å². The van der Waals surface area contributed by atoms with Crippen LogP contribution < -0.4 is 5.32 Å². The Kier molecular flexibility index (Phi) is 4.94. The van der Waals surface area contributed by atoms with E-state index >= 15 is 0 Å². The number of benzene rings is 1. The Hall–Kier alpha value is -0.890. The maximum atomic E-state index is 13.1. The third kappa shape index (κ3) is 3.93. The van der Waals surface area contributed by atoms with Gasteiger partial charge in [0, 0.05) is 6.54 Å². The summed E-state index contributed by atoms with van der Waals surface area (Å²) in [6.07, 6.45) is 3.25. The predicted octanol–water partition coefficient (Wildman–Crippen LogP) is 3.39. The van der Waals surface area contributed by atoms with Crippen LogP contribution >= 0.6 is 0 Å². The first-order valence-corrected chi connectivity index (χ1v) is 5.99. The highest BCUT2D eigenvalue weighted by molar-refractivity contribution is 5.18. The zero-order valence-electron chi connectivity index (χ0n) is 10.5. The Bertz CT molecular complexity index is 316. The first-order valence-electron chi connectivity index (χ1n) is 5.99. The topological polar surface area (TPSA) is 12.0 Å². The Labute approximate surface area is 98.1 Å². The van der Waals surface area contributed by atoms with Crippen molar-refractivity contribution < 1.29 is 4.39 Å². The molecule has 1 atom stereocenters. The highest BCUT2D eigenvalue weighted by Crippen LogP contribution is 2.27. The van der Waals surface area contributed by atoms with E-state index < -0.39 is 0 Å². The fourth-order valence-electron chi connectivity index (χ4n) is 2.41. The molecule has 0 fully saturated rings. The van der Waals surface area contributed by atoms with E-state index in [0.29, 0.717) is 0 Å². The van der Waals surface area contributed by atoms with Crippen molar-refractivity contribution in [1.82, 2.24) is 5.32 Å². The zero-order chi connectivity index (χ0) is 12.0. The van der Waals surface area contributed by atoms with Crippen LogP contribution in [0, 0.1) is 11.2 Å². The number of halogens is 1. The molecule has 1 N–H and O–H groups in total. The van der Waals surface area contributed by atoms with Crippen molar-refractivity contribution in [2.24, 2.45) is 5.41 Å². The first kappa shape index (κ1) is 13.2. The molecule has 0 amide bonds. The van der Waals surface area contributed by atoms with Gasteiger partial charge in [0.2, 0.25) is 0 Å². The third-order valence-electron chi connectivity index (χ3n) is 2.98. The van der Waals surface area contributed by atoms with E-state index in [4.69, 9.17) is 0 Å². The molecule has 1 aromatic rings. The number of hydrogen-bond donors (Lipinski definition) is 1. The molecular weight excluding hydrogens is 201 g/mol. The fourth-order valence-corrected chi connectivity index (χ4v) is 2.41. The molecule has 90 valence electrons. The van der Waals surface area contributed by atoms with Gasteiger partial charge in [0.25, 0.3) is 0 Å². The lowest BCUT2D eigenvalue weighted by atomic mass is 9.79. The molecule has 1 aromatic carbocycles. The van der Waals surface area contributed by atoms with Crippen molar-refractivity contribution in [2.45, 2.75) is 33.1 Å². The van der Waals surface area contributed by atoms with Gasteiger partial charge in [0.15, 0.2) is 0 Å². The predicted molar refractivity (Wildman–Crippen MR) is 67.0 cm³/mol. The summed E-state index contributed by atoms with van der Waals surface area (Å²) in [5, 5.41) is 3.23. The van der Waals surface area contributed by atoms with E-state index in [2.05, 4.69) is 19.2 Å². The molecule has 0 spiro atoms. The van der Waals surface area contributed by atoms with Gasteiger partial charge in [0.1, 0.15) is 5.82 Å². The molecular formula is C14H22FN. The van der Waals surface area contributed by atoms with Crippen LogP contribution in [0.25, 0.3) is 0 Å². The molecule has 16 heavy (non-hydrogen) atoms. The van der Waals surface area contributed by atoms with Crippen molar-refractivity contribution in [1.29, 1.82) is 0 Å². The van der Waals surface area contributed by atoms with E-state index in [1.165, 1.54) is 6.07 Å². The molecule has 0 saturated heterocycles. The van der Waals surface area contributed by atoms with Gasteiger partial charge < -0.3 is 5.32 Å².